The fourth-order valence-electron chi connectivity index (χ4n) is 3.87. The van der Waals surface area contributed by atoms with Gasteiger partial charge in [0.2, 0.25) is 11.8 Å². The smallest absolute Gasteiger partial charge is 0.222 e. The van der Waals surface area contributed by atoms with Crippen LogP contribution in [0.15, 0.2) is 24.3 Å². The summed E-state index contributed by atoms with van der Waals surface area (Å²) in [5, 5.41) is 0. The van der Waals surface area contributed by atoms with Gasteiger partial charge in [0, 0.05) is 44.9 Å². The van der Waals surface area contributed by atoms with Gasteiger partial charge in [-0.05, 0) is 50.3 Å². The van der Waals surface area contributed by atoms with Crippen molar-refractivity contribution in [2.45, 2.75) is 45.4 Å². The van der Waals surface area contributed by atoms with Crippen LogP contribution in [0.3, 0.4) is 0 Å². The Labute approximate surface area is 156 Å². The van der Waals surface area contributed by atoms with E-state index in [1.54, 1.807) is 0 Å². The molecule has 142 valence electrons. The first kappa shape index (κ1) is 18.7. The topological polar surface area (TPSA) is 49.9 Å². The maximum atomic E-state index is 12.5. The van der Waals surface area contributed by atoms with Crippen molar-refractivity contribution in [2.75, 3.05) is 32.8 Å². The second kappa shape index (κ2) is 9.06. The van der Waals surface area contributed by atoms with Crippen molar-refractivity contribution in [1.29, 1.82) is 0 Å². The summed E-state index contributed by atoms with van der Waals surface area (Å²) in [7, 11) is 0. The van der Waals surface area contributed by atoms with E-state index in [9.17, 15) is 9.59 Å². The van der Waals surface area contributed by atoms with Crippen LogP contribution in [0, 0.1) is 12.8 Å². The lowest BCUT2D eigenvalue weighted by atomic mass is 9.98. The van der Waals surface area contributed by atoms with Crippen LogP contribution in [-0.4, -0.2) is 54.4 Å². The number of amides is 2. The van der Waals surface area contributed by atoms with E-state index in [0.717, 1.165) is 57.6 Å². The van der Waals surface area contributed by atoms with Crippen molar-refractivity contribution >= 4 is 11.8 Å². The summed E-state index contributed by atoms with van der Waals surface area (Å²) in [6.07, 6.45) is 5.08. The molecule has 2 fully saturated rings. The molecule has 5 nitrogen and oxygen atoms in total. The van der Waals surface area contributed by atoms with Crippen LogP contribution in [0.5, 0.6) is 5.75 Å². The molecule has 0 aromatic heterocycles. The lowest BCUT2D eigenvalue weighted by Crippen LogP contribution is -2.41. The molecule has 0 radical (unpaired) electrons. The van der Waals surface area contributed by atoms with Crippen LogP contribution in [0.1, 0.15) is 44.1 Å². The van der Waals surface area contributed by atoms with E-state index >= 15 is 0 Å². The Morgan fingerprint density at radius 1 is 1.27 bits per heavy atom. The average Bonchev–Trinajstić information content (AvgIpc) is 3.05. The number of rotatable bonds is 7. The molecule has 0 unspecified atom stereocenters. The normalized spacial score (nSPS) is 20.5. The predicted octanol–water partition coefficient (Wildman–Crippen LogP) is 3.02. The van der Waals surface area contributed by atoms with Gasteiger partial charge in [0.1, 0.15) is 5.75 Å². The highest BCUT2D eigenvalue weighted by atomic mass is 16.5. The van der Waals surface area contributed by atoms with Crippen molar-refractivity contribution in [3.05, 3.63) is 29.8 Å². The third-order valence-corrected chi connectivity index (χ3v) is 5.34. The molecule has 1 atom stereocenters. The van der Waals surface area contributed by atoms with Gasteiger partial charge in [-0.15, -0.1) is 0 Å². The molecule has 5 heteroatoms. The highest BCUT2D eigenvalue weighted by Gasteiger charge is 2.25. The summed E-state index contributed by atoms with van der Waals surface area (Å²) < 4.78 is 5.93. The van der Waals surface area contributed by atoms with E-state index in [-0.39, 0.29) is 11.8 Å². The number of nitrogens with zero attached hydrogens (tertiary/aromatic N) is 2. The summed E-state index contributed by atoms with van der Waals surface area (Å²) in [6, 6.07) is 8.10. The summed E-state index contributed by atoms with van der Waals surface area (Å²) in [6.45, 7) is 5.93. The number of carbonyl (C=O) groups is 2. The largest absolute Gasteiger partial charge is 0.493 e. The van der Waals surface area contributed by atoms with Crippen molar-refractivity contribution in [3.8, 4) is 5.75 Å². The Hall–Kier alpha value is -2.04. The number of ether oxygens (including phenoxy) is 1. The third-order valence-electron chi connectivity index (χ3n) is 5.34. The van der Waals surface area contributed by atoms with Gasteiger partial charge in [-0.1, -0.05) is 12.1 Å². The maximum Gasteiger partial charge on any atom is 0.222 e. The molecule has 0 bridgehead atoms. The Morgan fingerprint density at radius 2 is 2.15 bits per heavy atom. The predicted molar refractivity (Wildman–Crippen MR) is 101 cm³/mol. The number of aryl methyl sites for hydroxylation is 1. The summed E-state index contributed by atoms with van der Waals surface area (Å²) in [4.78, 5) is 28.0. The average molecular weight is 358 g/mol. The van der Waals surface area contributed by atoms with Crippen LogP contribution in [0.2, 0.25) is 0 Å². The van der Waals surface area contributed by atoms with E-state index in [0.29, 0.717) is 25.4 Å². The van der Waals surface area contributed by atoms with Crippen LogP contribution < -0.4 is 4.74 Å². The molecule has 0 saturated carbocycles. The number of piperidine rings is 1. The first-order chi connectivity index (χ1) is 12.6. The lowest BCUT2D eigenvalue weighted by molar-refractivity contribution is -0.134. The molecular formula is C21H30N2O3. The van der Waals surface area contributed by atoms with Gasteiger partial charge in [0.25, 0.3) is 0 Å². The summed E-state index contributed by atoms with van der Waals surface area (Å²) in [5.74, 6) is 1.76. The Balaban J connectivity index is 1.39. The van der Waals surface area contributed by atoms with Gasteiger partial charge in [-0.2, -0.15) is 0 Å². The minimum atomic E-state index is 0.219. The molecule has 2 aliphatic heterocycles. The zero-order chi connectivity index (χ0) is 18.4. The summed E-state index contributed by atoms with van der Waals surface area (Å²) >= 11 is 0. The zero-order valence-electron chi connectivity index (χ0n) is 15.8. The first-order valence-corrected chi connectivity index (χ1v) is 9.87. The van der Waals surface area contributed by atoms with Crippen LogP contribution in [0.4, 0.5) is 0 Å². The van der Waals surface area contributed by atoms with Crippen molar-refractivity contribution in [1.82, 2.24) is 9.80 Å². The van der Waals surface area contributed by atoms with E-state index in [1.165, 1.54) is 5.56 Å². The van der Waals surface area contributed by atoms with E-state index in [1.807, 2.05) is 28.0 Å². The molecule has 2 saturated heterocycles. The Bertz CT molecular complexity index is 631. The van der Waals surface area contributed by atoms with Gasteiger partial charge in [-0.25, -0.2) is 0 Å². The highest BCUT2D eigenvalue weighted by molar-refractivity contribution is 5.78. The SMILES string of the molecule is Cc1cccc(OC[C@H]2CCCN(C(=O)CCCN3CCCC3=O)C2)c1. The molecule has 0 aliphatic carbocycles. The standard InChI is InChI=1S/C21H30N2O3/c1-17-6-2-8-19(14-17)26-16-18-7-3-13-23(15-18)21(25)10-5-12-22-11-4-9-20(22)24/h2,6,8,14,18H,3-5,7,9-13,15-16H2,1H3/t18-/m0/s1. The van der Waals surface area contributed by atoms with Gasteiger partial charge >= 0.3 is 0 Å². The molecule has 26 heavy (non-hydrogen) atoms. The quantitative estimate of drug-likeness (QED) is 0.753. The molecule has 0 spiro atoms. The number of hydrogen-bond acceptors (Lipinski definition) is 3. The first-order valence-electron chi connectivity index (χ1n) is 9.87. The second-order valence-corrected chi connectivity index (χ2v) is 7.56. The maximum absolute atomic E-state index is 12.5. The summed E-state index contributed by atoms with van der Waals surface area (Å²) in [5.41, 5.74) is 1.19. The highest BCUT2D eigenvalue weighted by Crippen LogP contribution is 2.20. The van der Waals surface area contributed by atoms with Gasteiger partial charge < -0.3 is 14.5 Å². The zero-order valence-corrected chi connectivity index (χ0v) is 15.8. The Morgan fingerprint density at radius 3 is 2.92 bits per heavy atom. The molecule has 2 heterocycles. The fraction of sp³-hybridized carbons (Fsp3) is 0.619. The van der Waals surface area contributed by atoms with Crippen molar-refractivity contribution in [2.24, 2.45) is 5.92 Å². The molecule has 2 aliphatic rings. The molecule has 2 amide bonds. The van der Waals surface area contributed by atoms with Crippen molar-refractivity contribution < 1.29 is 14.3 Å². The van der Waals surface area contributed by atoms with Crippen LogP contribution in [-0.2, 0) is 9.59 Å². The third kappa shape index (κ3) is 5.23. The number of benzene rings is 1. The van der Waals surface area contributed by atoms with Gasteiger partial charge in [-0.3, -0.25) is 9.59 Å². The van der Waals surface area contributed by atoms with E-state index in [4.69, 9.17) is 4.74 Å². The molecule has 0 N–H and O–H groups in total. The van der Waals surface area contributed by atoms with Crippen molar-refractivity contribution in [3.63, 3.8) is 0 Å². The molecular weight excluding hydrogens is 328 g/mol. The van der Waals surface area contributed by atoms with Crippen LogP contribution >= 0.6 is 0 Å². The monoisotopic (exact) mass is 358 g/mol. The molecule has 1 aromatic carbocycles. The van der Waals surface area contributed by atoms with E-state index in [2.05, 4.69) is 13.0 Å². The Kier molecular flexibility index (Phi) is 6.53. The van der Waals surface area contributed by atoms with Crippen LogP contribution in [0.25, 0.3) is 0 Å². The lowest BCUT2D eigenvalue weighted by Gasteiger charge is -2.33. The molecule has 1 aromatic rings. The second-order valence-electron chi connectivity index (χ2n) is 7.56. The number of likely N-dealkylation sites (tertiary alicyclic amines) is 2. The van der Waals surface area contributed by atoms with Gasteiger partial charge in [0.05, 0.1) is 6.61 Å². The minimum absolute atomic E-state index is 0.219. The van der Waals surface area contributed by atoms with Gasteiger partial charge in [0.15, 0.2) is 0 Å². The number of carbonyl (C=O) groups excluding carboxylic acids is 2. The molecule has 3 rings (SSSR count). The number of hydrogen-bond donors (Lipinski definition) is 0. The fourth-order valence-corrected chi connectivity index (χ4v) is 3.87. The van der Waals surface area contributed by atoms with E-state index < -0.39 is 0 Å². The minimum Gasteiger partial charge on any atom is -0.493 e.